The molecule has 0 saturated carbocycles. The van der Waals surface area contributed by atoms with Gasteiger partial charge in [0.05, 0.1) is 6.54 Å². The molecule has 0 aromatic heterocycles. The number of hydrogen-bond acceptors (Lipinski definition) is 4. The van der Waals surface area contributed by atoms with Gasteiger partial charge in [-0.15, -0.1) is 0 Å². The molecule has 0 atom stereocenters. The van der Waals surface area contributed by atoms with Gasteiger partial charge in [-0.1, -0.05) is 32.9 Å². The zero-order valence-electron chi connectivity index (χ0n) is 18.7. The summed E-state index contributed by atoms with van der Waals surface area (Å²) in [5.41, 5.74) is 1.34. The maximum atomic E-state index is 12.6. The molecule has 1 saturated heterocycles. The average Bonchev–Trinajstić information content (AvgIpc) is 2.92. The Balaban J connectivity index is 1.81. The van der Waals surface area contributed by atoms with Crippen LogP contribution in [-0.2, 0) is 15.0 Å². The van der Waals surface area contributed by atoms with Gasteiger partial charge in [0, 0.05) is 39.3 Å². The van der Waals surface area contributed by atoms with Crippen LogP contribution in [0.2, 0.25) is 0 Å². The number of nitrogens with zero attached hydrogens (tertiary/aromatic N) is 3. The van der Waals surface area contributed by atoms with E-state index in [-0.39, 0.29) is 23.8 Å². The van der Waals surface area contributed by atoms with E-state index in [9.17, 15) is 9.59 Å². The predicted molar refractivity (Wildman–Crippen MR) is 116 cm³/mol. The molecule has 0 unspecified atom stereocenters. The summed E-state index contributed by atoms with van der Waals surface area (Å²) in [7, 11) is 0. The highest BCUT2D eigenvalue weighted by atomic mass is 16.5. The van der Waals surface area contributed by atoms with Crippen molar-refractivity contribution in [1.82, 2.24) is 14.7 Å². The molecule has 1 fully saturated rings. The van der Waals surface area contributed by atoms with Crippen LogP contribution in [0.15, 0.2) is 24.3 Å². The normalized spacial score (nSPS) is 15.7. The minimum Gasteiger partial charge on any atom is -0.484 e. The SMILES string of the molecule is CCN(CC)C(=O)CN1CCCN(C(=O)COc2ccc(C(C)(C)C)cc2)CC1. The first-order chi connectivity index (χ1) is 13.7. The number of carbonyl (C=O) groups is 2. The number of benzene rings is 1. The van der Waals surface area contributed by atoms with E-state index >= 15 is 0 Å². The molecule has 1 aromatic rings. The summed E-state index contributed by atoms with van der Waals surface area (Å²) in [6.45, 7) is 15.4. The van der Waals surface area contributed by atoms with Crippen molar-refractivity contribution in [3.8, 4) is 5.75 Å². The number of hydrogen-bond donors (Lipinski definition) is 0. The summed E-state index contributed by atoms with van der Waals surface area (Å²) >= 11 is 0. The fraction of sp³-hybridized carbons (Fsp3) is 0.652. The molecule has 1 aromatic carbocycles. The Labute approximate surface area is 175 Å². The fourth-order valence-electron chi connectivity index (χ4n) is 3.53. The van der Waals surface area contributed by atoms with Gasteiger partial charge in [-0.25, -0.2) is 0 Å². The first-order valence-corrected chi connectivity index (χ1v) is 10.8. The van der Waals surface area contributed by atoms with Crippen molar-refractivity contribution in [1.29, 1.82) is 0 Å². The Morgan fingerprint density at radius 1 is 1.00 bits per heavy atom. The van der Waals surface area contributed by atoms with E-state index in [0.29, 0.717) is 25.4 Å². The van der Waals surface area contributed by atoms with Crippen molar-refractivity contribution in [2.24, 2.45) is 0 Å². The summed E-state index contributed by atoms with van der Waals surface area (Å²) in [5.74, 6) is 0.881. The monoisotopic (exact) mass is 403 g/mol. The molecule has 6 nitrogen and oxygen atoms in total. The van der Waals surface area contributed by atoms with E-state index in [4.69, 9.17) is 4.74 Å². The maximum Gasteiger partial charge on any atom is 0.260 e. The molecule has 0 aliphatic carbocycles. The van der Waals surface area contributed by atoms with Gasteiger partial charge in [-0.3, -0.25) is 14.5 Å². The van der Waals surface area contributed by atoms with Gasteiger partial charge in [0.1, 0.15) is 5.75 Å². The Morgan fingerprint density at radius 2 is 1.66 bits per heavy atom. The second-order valence-corrected chi connectivity index (χ2v) is 8.64. The summed E-state index contributed by atoms with van der Waals surface area (Å²) < 4.78 is 5.72. The van der Waals surface area contributed by atoms with Crippen molar-refractivity contribution in [3.05, 3.63) is 29.8 Å². The van der Waals surface area contributed by atoms with E-state index in [0.717, 1.165) is 32.6 Å². The van der Waals surface area contributed by atoms with Gasteiger partial charge in [0.25, 0.3) is 5.91 Å². The van der Waals surface area contributed by atoms with E-state index in [1.54, 1.807) is 0 Å². The molecule has 29 heavy (non-hydrogen) atoms. The van der Waals surface area contributed by atoms with Crippen molar-refractivity contribution in [2.45, 2.75) is 46.5 Å². The number of ether oxygens (including phenoxy) is 1. The van der Waals surface area contributed by atoms with E-state index < -0.39 is 0 Å². The average molecular weight is 404 g/mol. The van der Waals surface area contributed by atoms with Crippen LogP contribution < -0.4 is 4.74 Å². The first-order valence-electron chi connectivity index (χ1n) is 10.8. The molecule has 0 N–H and O–H groups in total. The number of rotatable bonds is 7. The Morgan fingerprint density at radius 3 is 2.24 bits per heavy atom. The zero-order chi connectivity index (χ0) is 21.4. The van der Waals surface area contributed by atoms with Gasteiger partial charge in [-0.2, -0.15) is 0 Å². The summed E-state index contributed by atoms with van der Waals surface area (Å²) in [4.78, 5) is 30.8. The summed E-state index contributed by atoms with van der Waals surface area (Å²) in [5, 5.41) is 0. The van der Waals surface area contributed by atoms with Crippen LogP contribution >= 0.6 is 0 Å². The highest BCUT2D eigenvalue weighted by molar-refractivity contribution is 5.78. The molecule has 6 heteroatoms. The maximum absolute atomic E-state index is 12.6. The molecule has 162 valence electrons. The van der Waals surface area contributed by atoms with Crippen molar-refractivity contribution >= 4 is 11.8 Å². The van der Waals surface area contributed by atoms with Crippen LogP contribution in [0.1, 0.15) is 46.6 Å². The Bertz CT molecular complexity index is 663. The topological polar surface area (TPSA) is 53.1 Å². The standard InChI is InChI=1S/C23H37N3O3/c1-6-25(7-2)21(27)17-24-13-8-14-26(16-15-24)22(28)18-29-20-11-9-19(10-12-20)23(3,4)5/h9-12H,6-8,13-18H2,1-5H3. The number of likely N-dealkylation sites (N-methyl/N-ethyl adjacent to an activating group) is 1. The Hall–Kier alpha value is -2.08. The van der Waals surface area contributed by atoms with Crippen LogP contribution in [0, 0.1) is 0 Å². The van der Waals surface area contributed by atoms with Crippen LogP contribution in [0.4, 0.5) is 0 Å². The lowest BCUT2D eigenvalue weighted by atomic mass is 9.87. The fourth-order valence-corrected chi connectivity index (χ4v) is 3.53. The lowest BCUT2D eigenvalue weighted by Gasteiger charge is -2.25. The molecule has 1 aliphatic rings. The van der Waals surface area contributed by atoms with Crippen molar-refractivity contribution in [2.75, 3.05) is 52.4 Å². The van der Waals surface area contributed by atoms with Gasteiger partial charge >= 0.3 is 0 Å². The third-order valence-electron chi connectivity index (χ3n) is 5.50. The summed E-state index contributed by atoms with van der Waals surface area (Å²) in [6, 6.07) is 7.96. The highest BCUT2D eigenvalue weighted by Crippen LogP contribution is 2.24. The summed E-state index contributed by atoms with van der Waals surface area (Å²) in [6.07, 6.45) is 0.873. The van der Waals surface area contributed by atoms with Crippen LogP contribution in [0.25, 0.3) is 0 Å². The van der Waals surface area contributed by atoms with E-state index in [2.05, 4.69) is 37.8 Å². The molecule has 1 aliphatic heterocycles. The van der Waals surface area contributed by atoms with Gasteiger partial charge in [0.2, 0.25) is 5.91 Å². The molecular formula is C23H37N3O3. The van der Waals surface area contributed by atoms with Crippen LogP contribution in [0.3, 0.4) is 0 Å². The minimum absolute atomic E-state index is 0.00168. The molecule has 1 heterocycles. The molecule has 0 bridgehead atoms. The third-order valence-corrected chi connectivity index (χ3v) is 5.50. The van der Waals surface area contributed by atoms with Crippen molar-refractivity contribution < 1.29 is 14.3 Å². The predicted octanol–water partition coefficient (Wildman–Crippen LogP) is 2.77. The largest absolute Gasteiger partial charge is 0.484 e. The number of amides is 2. The first kappa shape index (κ1) is 23.2. The van der Waals surface area contributed by atoms with E-state index in [1.165, 1.54) is 5.56 Å². The lowest BCUT2D eigenvalue weighted by Crippen LogP contribution is -2.42. The van der Waals surface area contributed by atoms with Crippen molar-refractivity contribution in [3.63, 3.8) is 0 Å². The minimum atomic E-state index is 0.00168. The highest BCUT2D eigenvalue weighted by Gasteiger charge is 2.22. The van der Waals surface area contributed by atoms with Crippen LogP contribution in [0.5, 0.6) is 5.75 Å². The quantitative estimate of drug-likeness (QED) is 0.703. The third kappa shape index (κ3) is 7.03. The molecule has 0 radical (unpaired) electrons. The van der Waals surface area contributed by atoms with Crippen LogP contribution in [-0.4, -0.2) is 78.9 Å². The smallest absolute Gasteiger partial charge is 0.260 e. The zero-order valence-corrected chi connectivity index (χ0v) is 18.7. The molecular weight excluding hydrogens is 366 g/mol. The van der Waals surface area contributed by atoms with E-state index in [1.807, 2.05) is 35.8 Å². The Kier molecular flexibility index (Phi) is 8.50. The molecule has 2 rings (SSSR count). The number of carbonyl (C=O) groups excluding carboxylic acids is 2. The van der Waals surface area contributed by atoms with Gasteiger partial charge in [-0.05, 0) is 43.4 Å². The second kappa shape index (κ2) is 10.6. The molecule has 0 spiro atoms. The second-order valence-electron chi connectivity index (χ2n) is 8.64. The van der Waals surface area contributed by atoms with Gasteiger partial charge < -0.3 is 14.5 Å². The lowest BCUT2D eigenvalue weighted by molar-refractivity contribution is -0.133. The molecule has 2 amide bonds. The van der Waals surface area contributed by atoms with Gasteiger partial charge in [0.15, 0.2) is 6.61 Å².